The molecule has 2 heterocycles. The van der Waals surface area contributed by atoms with Crippen LogP contribution >= 0.6 is 0 Å². The fraction of sp³-hybridized carbons (Fsp3) is 0.786. The summed E-state index contributed by atoms with van der Waals surface area (Å²) in [6.45, 7) is 12.7. The molecule has 40 heavy (non-hydrogen) atoms. The number of carbonyl (C=O) groups is 4. The average Bonchev–Trinajstić information content (AvgIpc) is 2.80. The molecular formula is C28H52N4O8. The maximum absolute atomic E-state index is 11.9. The summed E-state index contributed by atoms with van der Waals surface area (Å²) in [4.78, 5) is 52.9. The number of carbonyl (C=O) groups excluding carboxylic acids is 4. The van der Waals surface area contributed by atoms with E-state index in [-0.39, 0.29) is 30.2 Å². The molecule has 0 aromatic rings. The van der Waals surface area contributed by atoms with Crippen LogP contribution in [-0.4, -0.2) is 130 Å². The highest BCUT2D eigenvalue weighted by atomic mass is 16.7. The monoisotopic (exact) mass is 572 g/mol. The Morgan fingerprint density at radius 3 is 1.55 bits per heavy atom. The van der Waals surface area contributed by atoms with Gasteiger partial charge in [0.05, 0.1) is 6.54 Å². The van der Waals surface area contributed by atoms with Crippen molar-refractivity contribution in [2.75, 3.05) is 68.6 Å². The number of rotatable bonds is 4. The minimum absolute atomic E-state index is 0.100. The van der Waals surface area contributed by atoms with Gasteiger partial charge in [0.1, 0.15) is 17.0 Å². The van der Waals surface area contributed by atoms with E-state index in [1.165, 1.54) is 0 Å². The molecule has 2 saturated heterocycles. The van der Waals surface area contributed by atoms with Crippen LogP contribution in [0.1, 0.15) is 60.8 Å². The van der Waals surface area contributed by atoms with Crippen LogP contribution in [0.3, 0.4) is 0 Å². The van der Waals surface area contributed by atoms with Crippen LogP contribution in [0.15, 0.2) is 11.8 Å². The first kappa shape index (κ1) is 37.3. The number of methoxy groups -OCH3 is 2. The zero-order valence-electron chi connectivity index (χ0n) is 26.7. The van der Waals surface area contributed by atoms with E-state index in [1.54, 1.807) is 30.2 Å². The number of piperidine rings is 2. The van der Waals surface area contributed by atoms with Gasteiger partial charge < -0.3 is 33.6 Å². The van der Waals surface area contributed by atoms with E-state index in [9.17, 15) is 19.2 Å². The lowest BCUT2D eigenvalue weighted by atomic mass is 10.0. The fourth-order valence-corrected chi connectivity index (χ4v) is 3.46. The van der Waals surface area contributed by atoms with E-state index in [4.69, 9.17) is 18.9 Å². The van der Waals surface area contributed by atoms with E-state index in [0.29, 0.717) is 51.0 Å². The van der Waals surface area contributed by atoms with Gasteiger partial charge in [0.2, 0.25) is 6.41 Å². The number of Topliss-reactive ketones (excluding diaryl/α,β-unsaturated/α-hetero) is 2. The molecule has 0 aromatic heterocycles. The molecule has 0 spiro atoms. The van der Waals surface area contributed by atoms with Crippen molar-refractivity contribution in [1.29, 1.82) is 0 Å². The highest BCUT2D eigenvalue weighted by molar-refractivity contribution is 5.97. The summed E-state index contributed by atoms with van der Waals surface area (Å²) < 4.78 is 20.2. The van der Waals surface area contributed by atoms with E-state index in [2.05, 4.69) is 0 Å². The van der Waals surface area contributed by atoms with Gasteiger partial charge in [-0.25, -0.2) is 9.59 Å². The minimum atomic E-state index is -0.510. The number of ketones is 2. The fourth-order valence-electron chi connectivity index (χ4n) is 3.46. The summed E-state index contributed by atoms with van der Waals surface area (Å²) in [6, 6.07) is 0. The molecular weight excluding hydrogens is 520 g/mol. The van der Waals surface area contributed by atoms with Gasteiger partial charge in [-0.15, -0.1) is 0 Å². The largest absolute Gasteiger partial charge is 0.444 e. The lowest BCUT2D eigenvalue weighted by molar-refractivity contribution is -0.179. The van der Waals surface area contributed by atoms with Crippen LogP contribution in [0, 0.1) is 0 Å². The zero-order chi connectivity index (χ0) is 31.3. The Hall–Kier alpha value is -2.70. The molecule has 0 atom stereocenters. The van der Waals surface area contributed by atoms with Crippen LogP contribution in [0.5, 0.6) is 0 Å². The molecule has 2 rings (SSSR count). The van der Waals surface area contributed by atoms with E-state index >= 15 is 0 Å². The Kier molecular flexibility index (Phi) is 16.0. The Labute approximate surface area is 240 Å². The maximum Gasteiger partial charge on any atom is 0.410 e. The van der Waals surface area contributed by atoms with Crippen LogP contribution < -0.4 is 0 Å². The second-order valence-electron chi connectivity index (χ2n) is 11.9. The lowest BCUT2D eigenvalue weighted by Crippen LogP contribution is -2.43. The van der Waals surface area contributed by atoms with Gasteiger partial charge in [0.15, 0.2) is 5.78 Å². The molecule has 0 aliphatic carbocycles. The molecule has 2 aliphatic rings. The molecule has 0 aromatic carbocycles. The second kappa shape index (κ2) is 17.2. The highest BCUT2D eigenvalue weighted by Gasteiger charge is 2.29. The summed E-state index contributed by atoms with van der Waals surface area (Å²) in [6.07, 6.45) is 2.15. The Morgan fingerprint density at radius 1 is 0.775 bits per heavy atom. The van der Waals surface area contributed by atoms with Crippen molar-refractivity contribution in [1.82, 2.24) is 19.6 Å². The second-order valence-corrected chi connectivity index (χ2v) is 11.9. The van der Waals surface area contributed by atoms with Crippen LogP contribution in [0.2, 0.25) is 0 Å². The standard InChI is InChI=1S/C13H22N2O3.C10H17NO3.C5H13NO2/c1-13(2,3)18-12(17)15-7-6-11(16)10(9-15)8-14(4)5;1-10(2,3)14-9(13)11-6-4-8(12)5-7-11;1-6(2)5(7-3)8-4/h8H,6-7,9H2,1-5H3;4-7H2,1-3H3;5H,1-4H3/b10-8+;;. The first-order valence-electron chi connectivity index (χ1n) is 13.4. The third-order valence-corrected chi connectivity index (χ3v) is 5.19. The smallest absolute Gasteiger partial charge is 0.410 e. The molecule has 2 aliphatic heterocycles. The van der Waals surface area contributed by atoms with Crippen LogP contribution in [0.25, 0.3) is 0 Å². The molecule has 0 N–H and O–H groups in total. The summed E-state index contributed by atoms with van der Waals surface area (Å²) in [5, 5.41) is 0. The van der Waals surface area contributed by atoms with Crippen molar-refractivity contribution < 1.29 is 38.1 Å². The number of likely N-dealkylation sites (tertiary alicyclic amines) is 2. The molecule has 0 radical (unpaired) electrons. The van der Waals surface area contributed by atoms with Gasteiger partial charge in [-0.1, -0.05) is 0 Å². The predicted octanol–water partition coefficient (Wildman–Crippen LogP) is 3.35. The van der Waals surface area contributed by atoms with Gasteiger partial charge in [-0.3, -0.25) is 14.5 Å². The molecule has 12 heteroatoms. The lowest BCUT2D eigenvalue weighted by Gasteiger charge is -2.30. The van der Waals surface area contributed by atoms with E-state index in [1.807, 2.05) is 79.5 Å². The molecule has 232 valence electrons. The van der Waals surface area contributed by atoms with Crippen LogP contribution in [-0.2, 0) is 28.5 Å². The molecule has 0 saturated carbocycles. The summed E-state index contributed by atoms with van der Waals surface area (Å²) in [7, 11) is 10.7. The number of nitrogens with zero attached hydrogens (tertiary/aromatic N) is 4. The summed E-state index contributed by atoms with van der Waals surface area (Å²) in [5.41, 5.74) is -0.320. The first-order valence-corrected chi connectivity index (χ1v) is 13.4. The van der Waals surface area contributed by atoms with Gasteiger partial charge in [0.25, 0.3) is 0 Å². The van der Waals surface area contributed by atoms with Crippen LogP contribution in [0.4, 0.5) is 9.59 Å². The van der Waals surface area contributed by atoms with Gasteiger partial charge in [0, 0.05) is 79.0 Å². The Morgan fingerprint density at radius 2 is 1.20 bits per heavy atom. The summed E-state index contributed by atoms with van der Waals surface area (Å²) >= 11 is 0. The van der Waals surface area contributed by atoms with Gasteiger partial charge in [-0.2, -0.15) is 0 Å². The van der Waals surface area contributed by atoms with Crippen molar-refractivity contribution in [3.05, 3.63) is 11.8 Å². The van der Waals surface area contributed by atoms with E-state index < -0.39 is 11.2 Å². The molecule has 0 bridgehead atoms. The Bertz CT molecular complexity index is 845. The van der Waals surface area contributed by atoms with Crippen molar-refractivity contribution >= 4 is 23.8 Å². The third kappa shape index (κ3) is 16.4. The number of amides is 2. The predicted molar refractivity (Wildman–Crippen MR) is 153 cm³/mol. The van der Waals surface area contributed by atoms with Crippen molar-refractivity contribution in [3.8, 4) is 0 Å². The van der Waals surface area contributed by atoms with Gasteiger partial charge in [-0.05, 0) is 55.6 Å². The normalized spacial score (nSPS) is 17.2. The average molecular weight is 573 g/mol. The van der Waals surface area contributed by atoms with Gasteiger partial charge >= 0.3 is 12.2 Å². The molecule has 2 amide bonds. The minimum Gasteiger partial charge on any atom is -0.444 e. The number of hydrogen-bond donors (Lipinski definition) is 0. The maximum atomic E-state index is 11.9. The van der Waals surface area contributed by atoms with Crippen molar-refractivity contribution in [2.24, 2.45) is 0 Å². The SMILES string of the molecule is CC(C)(C)OC(=O)N1CCC(=O)CC1.CN(C)/C=C1\CN(C(=O)OC(C)(C)C)CCC1=O.COC(OC)N(C)C. The first-order chi connectivity index (χ1) is 18.3. The molecule has 2 fully saturated rings. The topological polar surface area (TPSA) is 118 Å². The quantitative estimate of drug-likeness (QED) is 0.367. The number of ether oxygens (including phenoxy) is 4. The Balaban J connectivity index is 0.000000614. The van der Waals surface area contributed by atoms with Crippen molar-refractivity contribution in [3.63, 3.8) is 0 Å². The summed E-state index contributed by atoms with van der Waals surface area (Å²) in [5.74, 6) is 0.327. The third-order valence-electron chi connectivity index (χ3n) is 5.19. The van der Waals surface area contributed by atoms with Crippen molar-refractivity contribution in [2.45, 2.75) is 78.4 Å². The zero-order valence-corrected chi connectivity index (χ0v) is 26.7. The van der Waals surface area contributed by atoms with E-state index in [0.717, 1.165) is 0 Å². The highest BCUT2D eigenvalue weighted by Crippen LogP contribution is 2.17. The molecule has 0 unspecified atom stereocenters. The number of hydrogen-bond acceptors (Lipinski definition) is 10. The molecule has 12 nitrogen and oxygen atoms in total.